The first-order valence-electron chi connectivity index (χ1n) is 11.3. The molecule has 2 aliphatic rings. The molecule has 1 aliphatic heterocycles. The summed E-state index contributed by atoms with van der Waals surface area (Å²) < 4.78 is 42.3. The van der Waals surface area contributed by atoms with Gasteiger partial charge in [-0.15, -0.1) is 0 Å². The Hall–Kier alpha value is -2.72. The maximum Gasteiger partial charge on any atom is 0.256 e. The molecule has 0 radical (unpaired) electrons. The van der Waals surface area contributed by atoms with Crippen LogP contribution in [0.1, 0.15) is 71.5 Å². The predicted octanol–water partition coefficient (Wildman–Crippen LogP) is 4.45. The number of nitrogens with zero attached hydrogens (tertiary/aromatic N) is 4. The van der Waals surface area contributed by atoms with Crippen LogP contribution in [0.4, 0.5) is 10.1 Å². The molecule has 3 aromatic rings. The van der Waals surface area contributed by atoms with E-state index in [0.717, 1.165) is 55.0 Å². The molecule has 1 N–H and O–H groups in total. The number of likely N-dealkylation sites (tertiary alicyclic amines) is 1. The molecule has 2 aromatic heterocycles. The highest BCUT2D eigenvalue weighted by Crippen LogP contribution is 2.40. The molecule has 1 aromatic carbocycles. The summed E-state index contributed by atoms with van der Waals surface area (Å²) in [5, 5.41) is 4.76. The van der Waals surface area contributed by atoms with Crippen LogP contribution >= 0.6 is 11.6 Å². The van der Waals surface area contributed by atoms with Crippen molar-refractivity contribution < 1.29 is 17.6 Å². The van der Waals surface area contributed by atoms with E-state index in [2.05, 4.69) is 10.8 Å². The number of halogens is 2. The monoisotopic (exact) mass is 505 g/mol. The summed E-state index contributed by atoms with van der Waals surface area (Å²) in [5.41, 5.74) is 2.96. The van der Waals surface area contributed by atoms with Crippen LogP contribution in [0.25, 0.3) is 5.65 Å². The average molecular weight is 506 g/mol. The average Bonchev–Trinajstić information content (AvgIpc) is 3.53. The molecule has 0 spiro atoms. The van der Waals surface area contributed by atoms with E-state index in [4.69, 9.17) is 21.7 Å². The number of amides is 1. The van der Waals surface area contributed by atoms with Crippen molar-refractivity contribution >= 4 is 38.9 Å². The van der Waals surface area contributed by atoms with Crippen molar-refractivity contribution in [3.8, 4) is 0 Å². The minimum atomic E-state index is -3.82. The van der Waals surface area contributed by atoms with Crippen LogP contribution in [-0.4, -0.2) is 46.6 Å². The zero-order chi connectivity index (χ0) is 24.2. The molecule has 0 bridgehead atoms. The second-order valence-electron chi connectivity index (χ2n) is 9.13. The molecule has 3 heterocycles. The van der Waals surface area contributed by atoms with Gasteiger partial charge in [0.2, 0.25) is 10.0 Å². The van der Waals surface area contributed by atoms with Gasteiger partial charge in [-0.2, -0.15) is 5.10 Å². The van der Waals surface area contributed by atoms with E-state index < -0.39 is 27.4 Å². The molecular weight excluding hydrogens is 481 g/mol. The van der Waals surface area contributed by atoms with Crippen molar-refractivity contribution in [2.45, 2.75) is 51.0 Å². The zero-order valence-electron chi connectivity index (χ0n) is 18.9. The lowest BCUT2D eigenvalue weighted by atomic mass is 9.98. The third-order valence-electron chi connectivity index (χ3n) is 6.32. The van der Waals surface area contributed by atoms with Crippen molar-refractivity contribution in [2.75, 3.05) is 17.5 Å². The van der Waals surface area contributed by atoms with Crippen molar-refractivity contribution in [2.24, 2.45) is 0 Å². The molecule has 1 aliphatic carbocycles. The van der Waals surface area contributed by atoms with Gasteiger partial charge in [-0.05, 0) is 57.2 Å². The van der Waals surface area contributed by atoms with Gasteiger partial charge in [-0.3, -0.25) is 9.52 Å². The Labute approximate surface area is 202 Å². The van der Waals surface area contributed by atoms with E-state index in [0.29, 0.717) is 24.6 Å². The Morgan fingerprint density at radius 2 is 1.91 bits per heavy atom. The third-order valence-corrected chi connectivity index (χ3v) is 7.11. The highest BCUT2D eigenvalue weighted by molar-refractivity contribution is 7.92. The third kappa shape index (κ3) is 4.48. The number of carbonyl (C=O) groups is 1. The topological polar surface area (TPSA) is 96.7 Å². The van der Waals surface area contributed by atoms with Gasteiger partial charge < -0.3 is 4.90 Å². The molecule has 34 heavy (non-hydrogen) atoms. The number of sulfonamides is 1. The van der Waals surface area contributed by atoms with Gasteiger partial charge >= 0.3 is 0 Å². The summed E-state index contributed by atoms with van der Waals surface area (Å²) in [6.45, 7) is 2.42. The van der Waals surface area contributed by atoms with Crippen molar-refractivity contribution in [1.82, 2.24) is 19.5 Å². The second kappa shape index (κ2) is 8.49. The van der Waals surface area contributed by atoms with E-state index in [1.165, 1.54) is 6.07 Å². The number of hydrogen-bond acceptors (Lipinski definition) is 5. The van der Waals surface area contributed by atoms with Crippen LogP contribution < -0.4 is 4.72 Å². The molecule has 0 unspecified atom stereocenters. The molecule has 11 heteroatoms. The number of carbonyl (C=O) groups excluding carboxylic acids is 1. The normalized spacial score (nSPS) is 18.9. The van der Waals surface area contributed by atoms with E-state index in [1.807, 2.05) is 13.0 Å². The molecular formula is C23H25ClFN5O3S. The number of hydrogen-bond donors (Lipinski definition) is 1. The fourth-order valence-corrected chi connectivity index (χ4v) is 5.37. The van der Waals surface area contributed by atoms with Gasteiger partial charge in [0.25, 0.3) is 5.91 Å². The first kappa shape index (κ1) is 23.0. The molecule has 180 valence electrons. The van der Waals surface area contributed by atoms with Gasteiger partial charge in [0.1, 0.15) is 5.82 Å². The minimum Gasteiger partial charge on any atom is -0.330 e. The lowest BCUT2D eigenvalue weighted by Crippen LogP contribution is -2.39. The zero-order valence-corrected chi connectivity index (χ0v) is 20.5. The van der Waals surface area contributed by atoms with Gasteiger partial charge in [-0.1, -0.05) is 11.6 Å². The summed E-state index contributed by atoms with van der Waals surface area (Å²) in [4.78, 5) is 20.0. The molecule has 8 nitrogen and oxygen atoms in total. The van der Waals surface area contributed by atoms with Gasteiger partial charge in [-0.25, -0.2) is 22.3 Å². The molecule has 1 amide bonds. The summed E-state index contributed by atoms with van der Waals surface area (Å²) in [7, 11) is -3.82. The summed E-state index contributed by atoms with van der Waals surface area (Å²) in [5.74, 6) is -0.902. The van der Waals surface area contributed by atoms with E-state index >= 15 is 0 Å². The van der Waals surface area contributed by atoms with Crippen LogP contribution in [0.2, 0.25) is 5.02 Å². The van der Waals surface area contributed by atoms with Gasteiger partial charge in [0.05, 0.1) is 29.2 Å². The number of piperidine rings is 1. The minimum absolute atomic E-state index is 0.00798. The number of fused-ring (bicyclic) bond motifs is 1. The van der Waals surface area contributed by atoms with Crippen LogP contribution in [0.5, 0.6) is 0 Å². The number of aromatic nitrogens is 3. The Morgan fingerprint density at radius 3 is 2.62 bits per heavy atom. The number of anilines is 1. The van der Waals surface area contributed by atoms with Crippen LogP contribution in [0.15, 0.2) is 24.3 Å². The molecule has 1 atom stereocenters. The van der Waals surface area contributed by atoms with Crippen molar-refractivity contribution in [1.29, 1.82) is 0 Å². The molecule has 1 saturated carbocycles. The first-order valence-corrected chi connectivity index (χ1v) is 13.5. The van der Waals surface area contributed by atoms with E-state index in [1.54, 1.807) is 9.42 Å². The number of benzene rings is 1. The van der Waals surface area contributed by atoms with E-state index in [-0.39, 0.29) is 16.6 Å². The van der Waals surface area contributed by atoms with E-state index in [9.17, 15) is 17.6 Å². The van der Waals surface area contributed by atoms with Crippen molar-refractivity contribution in [3.63, 3.8) is 0 Å². The number of nitrogens with one attached hydrogen (secondary N) is 1. The largest absolute Gasteiger partial charge is 0.330 e. The fourth-order valence-electron chi connectivity index (χ4n) is 4.59. The summed E-state index contributed by atoms with van der Waals surface area (Å²) >= 11 is 6.03. The highest BCUT2D eigenvalue weighted by Gasteiger charge is 2.33. The molecule has 2 fully saturated rings. The number of aryl methyl sites for hydroxylation is 1. The SMILES string of the molecule is Cc1cc(C2CC2)nc2cc([C@H]3CCCCN3C(=O)c3cc(Cl)cc(F)c3NS(C)(=O)=O)nn12. The molecule has 1 saturated heterocycles. The Kier molecular flexibility index (Phi) is 5.76. The van der Waals surface area contributed by atoms with Crippen LogP contribution in [0.3, 0.4) is 0 Å². The maximum atomic E-state index is 14.7. The Balaban J connectivity index is 1.54. The summed E-state index contributed by atoms with van der Waals surface area (Å²) in [6.07, 6.45) is 5.56. The van der Waals surface area contributed by atoms with Gasteiger partial charge in [0.15, 0.2) is 5.65 Å². The highest BCUT2D eigenvalue weighted by atomic mass is 35.5. The fraction of sp³-hybridized carbons (Fsp3) is 0.435. The first-order chi connectivity index (χ1) is 16.1. The molecule has 5 rings (SSSR count). The quantitative estimate of drug-likeness (QED) is 0.552. The smallest absolute Gasteiger partial charge is 0.256 e. The Bertz CT molecular complexity index is 1400. The van der Waals surface area contributed by atoms with Gasteiger partial charge in [0, 0.05) is 34.9 Å². The summed E-state index contributed by atoms with van der Waals surface area (Å²) in [6, 6.07) is 5.89. The Morgan fingerprint density at radius 1 is 1.15 bits per heavy atom. The second-order valence-corrected chi connectivity index (χ2v) is 11.3. The predicted molar refractivity (Wildman–Crippen MR) is 127 cm³/mol. The maximum absolute atomic E-state index is 14.7. The van der Waals surface area contributed by atoms with Crippen LogP contribution in [-0.2, 0) is 10.0 Å². The number of rotatable bonds is 5. The van der Waals surface area contributed by atoms with Crippen molar-refractivity contribution in [3.05, 3.63) is 57.8 Å². The van der Waals surface area contributed by atoms with Crippen LogP contribution in [0, 0.1) is 12.7 Å². The standard InChI is InChI=1S/C23H25ClFN5O3S/c1-13-9-18(14-6-7-14)26-21-12-19(27-30(13)21)20-5-3-4-8-29(20)23(31)16-10-15(24)11-17(25)22(16)28-34(2,32)33/h9-12,14,20,28H,3-8H2,1-2H3/t20-/m1/s1. The lowest BCUT2D eigenvalue weighted by molar-refractivity contribution is 0.0606. The lowest BCUT2D eigenvalue weighted by Gasteiger charge is -2.35.